The summed E-state index contributed by atoms with van der Waals surface area (Å²) >= 11 is 1.51. The SMILES string of the molecule is Nc1ccoc1-c1nccs1. The van der Waals surface area contributed by atoms with Crippen LogP contribution in [-0.2, 0) is 0 Å². The van der Waals surface area contributed by atoms with E-state index >= 15 is 0 Å². The third-order valence-electron chi connectivity index (χ3n) is 1.32. The highest BCUT2D eigenvalue weighted by Gasteiger charge is 2.07. The van der Waals surface area contributed by atoms with Crippen molar-refractivity contribution in [3.05, 3.63) is 23.9 Å². The minimum atomic E-state index is 0.639. The van der Waals surface area contributed by atoms with Crippen molar-refractivity contribution in [2.24, 2.45) is 0 Å². The summed E-state index contributed by atoms with van der Waals surface area (Å²) in [6.07, 6.45) is 3.29. The Kier molecular flexibility index (Phi) is 1.40. The van der Waals surface area contributed by atoms with Crippen LogP contribution >= 0.6 is 11.3 Å². The van der Waals surface area contributed by atoms with Gasteiger partial charge in [0.25, 0.3) is 0 Å². The minimum absolute atomic E-state index is 0.639. The van der Waals surface area contributed by atoms with Crippen LogP contribution in [0.3, 0.4) is 0 Å². The maximum absolute atomic E-state index is 5.60. The highest BCUT2D eigenvalue weighted by atomic mass is 32.1. The third-order valence-corrected chi connectivity index (χ3v) is 2.09. The number of aromatic nitrogens is 1. The Balaban J connectivity index is 2.53. The van der Waals surface area contributed by atoms with Gasteiger partial charge in [-0.3, -0.25) is 0 Å². The molecule has 0 amide bonds. The van der Waals surface area contributed by atoms with E-state index in [-0.39, 0.29) is 0 Å². The van der Waals surface area contributed by atoms with Gasteiger partial charge in [-0.25, -0.2) is 4.98 Å². The third kappa shape index (κ3) is 1.01. The molecule has 3 nitrogen and oxygen atoms in total. The summed E-state index contributed by atoms with van der Waals surface area (Å²) in [4.78, 5) is 4.06. The van der Waals surface area contributed by atoms with Crippen molar-refractivity contribution in [2.75, 3.05) is 5.73 Å². The van der Waals surface area contributed by atoms with Crippen molar-refractivity contribution < 1.29 is 4.42 Å². The normalized spacial score (nSPS) is 10.2. The van der Waals surface area contributed by atoms with E-state index in [4.69, 9.17) is 10.2 Å². The summed E-state index contributed by atoms with van der Waals surface area (Å²) in [6, 6.07) is 1.72. The lowest BCUT2D eigenvalue weighted by molar-refractivity contribution is 0.582. The Labute approximate surface area is 67.5 Å². The summed E-state index contributed by atoms with van der Waals surface area (Å²) in [6.45, 7) is 0. The van der Waals surface area contributed by atoms with E-state index < -0.39 is 0 Å². The van der Waals surface area contributed by atoms with Crippen LogP contribution in [0, 0.1) is 0 Å². The van der Waals surface area contributed by atoms with Crippen LogP contribution in [0.25, 0.3) is 10.8 Å². The molecule has 0 aliphatic carbocycles. The zero-order chi connectivity index (χ0) is 7.68. The lowest BCUT2D eigenvalue weighted by Gasteiger charge is -1.89. The average molecular weight is 166 g/mol. The minimum Gasteiger partial charge on any atom is -0.460 e. The lowest BCUT2D eigenvalue weighted by atomic mass is 10.4. The van der Waals surface area contributed by atoms with Gasteiger partial charge in [-0.05, 0) is 0 Å². The monoisotopic (exact) mass is 166 g/mol. The zero-order valence-corrected chi connectivity index (χ0v) is 6.47. The Hall–Kier alpha value is -1.29. The van der Waals surface area contributed by atoms with Gasteiger partial charge in [0.2, 0.25) is 0 Å². The van der Waals surface area contributed by atoms with Gasteiger partial charge in [-0.1, -0.05) is 0 Å². The van der Waals surface area contributed by atoms with Crippen LogP contribution in [0.5, 0.6) is 0 Å². The quantitative estimate of drug-likeness (QED) is 0.704. The van der Waals surface area contributed by atoms with Gasteiger partial charge in [0, 0.05) is 17.6 Å². The van der Waals surface area contributed by atoms with Crippen molar-refractivity contribution in [1.29, 1.82) is 0 Å². The summed E-state index contributed by atoms with van der Waals surface area (Å²) in [5.74, 6) is 0.667. The van der Waals surface area contributed by atoms with Crippen LogP contribution in [0.1, 0.15) is 0 Å². The second kappa shape index (κ2) is 2.39. The first kappa shape index (κ1) is 6.42. The molecule has 11 heavy (non-hydrogen) atoms. The fourth-order valence-corrected chi connectivity index (χ4v) is 1.47. The van der Waals surface area contributed by atoms with Crippen LogP contribution in [0.2, 0.25) is 0 Å². The van der Waals surface area contributed by atoms with Crippen molar-refractivity contribution in [2.45, 2.75) is 0 Å². The highest BCUT2D eigenvalue weighted by Crippen LogP contribution is 2.27. The summed E-state index contributed by atoms with van der Waals surface area (Å²) < 4.78 is 5.13. The number of rotatable bonds is 1. The van der Waals surface area contributed by atoms with E-state index in [1.807, 2.05) is 5.38 Å². The second-order valence-electron chi connectivity index (χ2n) is 2.04. The van der Waals surface area contributed by atoms with Crippen LogP contribution in [0.15, 0.2) is 28.3 Å². The standard InChI is InChI=1S/C7H6N2OS/c8-5-1-3-10-6(5)7-9-2-4-11-7/h1-4H,8H2. The number of thiazole rings is 1. The molecule has 0 fully saturated rings. The molecular weight excluding hydrogens is 160 g/mol. The van der Waals surface area contributed by atoms with E-state index in [0.29, 0.717) is 11.4 Å². The average Bonchev–Trinajstić information content (AvgIpc) is 2.55. The Bertz CT molecular complexity index is 339. The smallest absolute Gasteiger partial charge is 0.185 e. The van der Waals surface area contributed by atoms with Crippen molar-refractivity contribution in [1.82, 2.24) is 4.98 Å². The van der Waals surface area contributed by atoms with Gasteiger partial charge >= 0.3 is 0 Å². The molecule has 0 spiro atoms. The number of furan rings is 1. The van der Waals surface area contributed by atoms with Gasteiger partial charge in [-0.15, -0.1) is 11.3 Å². The first-order valence-electron chi connectivity index (χ1n) is 3.11. The molecule has 0 saturated carbocycles. The number of nitrogen functional groups attached to an aromatic ring is 1. The molecule has 2 heterocycles. The molecule has 0 unspecified atom stereocenters. The number of hydrogen-bond acceptors (Lipinski definition) is 4. The molecule has 4 heteroatoms. The molecule has 2 aromatic heterocycles. The maximum atomic E-state index is 5.60. The summed E-state index contributed by atoms with van der Waals surface area (Å²) in [5, 5.41) is 2.71. The molecule has 0 atom stereocenters. The molecule has 0 saturated heterocycles. The largest absolute Gasteiger partial charge is 0.460 e. The van der Waals surface area contributed by atoms with E-state index in [2.05, 4.69) is 4.98 Å². The first-order chi connectivity index (χ1) is 5.38. The van der Waals surface area contributed by atoms with Gasteiger partial charge in [-0.2, -0.15) is 0 Å². The van der Waals surface area contributed by atoms with Crippen LogP contribution in [0.4, 0.5) is 5.69 Å². The predicted octanol–water partition coefficient (Wildman–Crippen LogP) is 1.99. The number of nitrogens with two attached hydrogens (primary N) is 1. The lowest BCUT2D eigenvalue weighted by Crippen LogP contribution is -1.82. The van der Waals surface area contributed by atoms with Gasteiger partial charge in [0.15, 0.2) is 10.8 Å². The predicted molar refractivity (Wildman–Crippen MR) is 44.2 cm³/mol. The van der Waals surface area contributed by atoms with E-state index in [1.165, 1.54) is 11.3 Å². The van der Waals surface area contributed by atoms with Crippen LogP contribution in [-0.4, -0.2) is 4.98 Å². The van der Waals surface area contributed by atoms with E-state index in [1.54, 1.807) is 18.5 Å². The molecule has 0 bridgehead atoms. The Morgan fingerprint density at radius 2 is 2.45 bits per heavy atom. The van der Waals surface area contributed by atoms with Crippen molar-refractivity contribution >= 4 is 17.0 Å². The fourth-order valence-electron chi connectivity index (χ4n) is 0.829. The number of hydrogen-bond donors (Lipinski definition) is 1. The first-order valence-corrected chi connectivity index (χ1v) is 3.99. The second-order valence-corrected chi connectivity index (χ2v) is 2.94. The molecule has 56 valence electrons. The summed E-state index contributed by atoms with van der Waals surface area (Å²) in [7, 11) is 0. The molecule has 0 radical (unpaired) electrons. The van der Waals surface area contributed by atoms with Gasteiger partial charge in [0.05, 0.1) is 12.0 Å². The van der Waals surface area contributed by atoms with Gasteiger partial charge in [0.1, 0.15) is 0 Å². The van der Waals surface area contributed by atoms with E-state index in [9.17, 15) is 0 Å². The molecule has 2 rings (SSSR count). The topological polar surface area (TPSA) is 52.0 Å². The zero-order valence-electron chi connectivity index (χ0n) is 5.65. The molecular formula is C7H6N2OS. The Morgan fingerprint density at radius 3 is 3.00 bits per heavy atom. The molecule has 2 aromatic rings. The molecule has 0 aliphatic rings. The Morgan fingerprint density at radius 1 is 1.55 bits per heavy atom. The highest BCUT2D eigenvalue weighted by molar-refractivity contribution is 7.13. The molecule has 2 N–H and O–H groups in total. The molecule has 0 aromatic carbocycles. The van der Waals surface area contributed by atoms with E-state index in [0.717, 1.165) is 5.01 Å². The van der Waals surface area contributed by atoms with Gasteiger partial charge < -0.3 is 10.2 Å². The summed E-state index contributed by atoms with van der Waals surface area (Å²) in [5.41, 5.74) is 6.24. The van der Waals surface area contributed by atoms with Crippen LogP contribution < -0.4 is 5.73 Å². The fraction of sp³-hybridized carbons (Fsp3) is 0. The number of anilines is 1. The van der Waals surface area contributed by atoms with Crippen molar-refractivity contribution in [3.8, 4) is 10.8 Å². The van der Waals surface area contributed by atoms with Crippen molar-refractivity contribution in [3.63, 3.8) is 0 Å². The maximum Gasteiger partial charge on any atom is 0.185 e. The number of nitrogens with zero attached hydrogens (tertiary/aromatic N) is 1. The molecule has 0 aliphatic heterocycles.